The molecule has 9 aromatic carbocycles. The monoisotopic (exact) mass is 1250 g/mol. The van der Waals surface area contributed by atoms with Crippen LogP contribution in [0.2, 0.25) is 0 Å². The molecular formula is C76H69N4OPt-3. The Kier molecular flexibility index (Phi) is 13.1. The third-order valence-electron chi connectivity index (χ3n) is 16.1. The molecule has 0 atom stereocenters. The number of aromatic nitrogens is 3. The summed E-state index contributed by atoms with van der Waals surface area (Å²) in [5, 5.41) is 8.96. The molecule has 1 aliphatic rings. The van der Waals surface area contributed by atoms with E-state index < -0.39 is 6.37 Å². The molecular weight excluding hydrogens is 1180 g/mol. The Morgan fingerprint density at radius 3 is 1.70 bits per heavy atom. The fourth-order valence-electron chi connectivity index (χ4n) is 11.9. The van der Waals surface area contributed by atoms with E-state index in [2.05, 4.69) is 241 Å². The average molecular weight is 1250 g/mol. The van der Waals surface area contributed by atoms with Crippen LogP contribution in [0.25, 0.3) is 93.2 Å². The molecule has 0 fully saturated rings. The second-order valence-corrected chi connectivity index (χ2v) is 25.3. The van der Waals surface area contributed by atoms with Crippen LogP contribution in [0.4, 0.5) is 11.4 Å². The molecule has 82 heavy (non-hydrogen) atoms. The number of anilines is 2. The average Bonchev–Trinajstić information content (AvgIpc) is 3.64. The quantitative estimate of drug-likeness (QED) is 0.142. The van der Waals surface area contributed by atoms with Gasteiger partial charge in [0.25, 0.3) is 0 Å². The number of pyridine rings is 1. The minimum Gasteiger partial charge on any atom is -0.509 e. The zero-order valence-electron chi connectivity index (χ0n) is 50.6. The van der Waals surface area contributed by atoms with Crippen molar-refractivity contribution in [3.8, 4) is 39.6 Å². The molecule has 0 saturated carbocycles. The van der Waals surface area contributed by atoms with Crippen molar-refractivity contribution in [2.75, 3.05) is 4.90 Å². The van der Waals surface area contributed by atoms with Crippen molar-refractivity contribution in [1.82, 2.24) is 14.1 Å². The number of hydrogen-bond acceptors (Lipinski definition) is 3. The van der Waals surface area contributed by atoms with E-state index in [9.17, 15) is 0 Å². The van der Waals surface area contributed by atoms with Gasteiger partial charge in [-0.25, -0.2) is 4.98 Å². The second-order valence-electron chi connectivity index (χ2n) is 25.3. The molecule has 412 valence electrons. The number of hydrogen-bond donors (Lipinski definition) is 0. The van der Waals surface area contributed by atoms with Crippen LogP contribution in [0, 0.1) is 24.7 Å². The fourth-order valence-corrected chi connectivity index (χ4v) is 11.9. The number of ether oxygens (including phenoxy) is 1. The Morgan fingerprint density at radius 1 is 0.512 bits per heavy atom. The van der Waals surface area contributed by atoms with Crippen LogP contribution >= 0.6 is 0 Å². The SMILES string of the molecule is [2H]C([2H])(c1ccnc(-n2c3[c-]c(Oc4[c-]c(N5[CH-]n6c7c(-c8cc(-c9cc(C(C)(C)C)cc(C(C)(C)C)c9)cc(C(C)(C)C)c8)cccc7c7ccccc7c7ccccc7c7cccc5c76)ccc4)ccc3c3ccccc32)c1)C(C)C.[Pt]. The number of para-hydroxylation sites is 3. The Morgan fingerprint density at radius 2 is 1.05 bits per heavy atom. The molecule has 0 amide bonds. The summed E-state index contributed by atoms with van der Waals surface area (Å²) in [5.74, 6) is 1.44. The molecule has 0 unspecified atom stereocenters. The zero-order valence-corrected chi connectivity index (χ0v) is 50.9. The van der Waals surface area contributed by atoms with E-state index in [4.69, 9.17) is 12.5 Å². The Hall–Kier alpha value is -8.11. The van der Waals surface area contributed by atoms with Gasteiger partial charge in [0.2, 0.25) is 0 Å². The maximum atomic E-state index is 8.93. The van der Waals surface area contributed by atoms with Gasteiger partial charge in [-0.2, -0.15) is 12.1 Å². The van der Waals surface area contributed by atoms with Gasteiger partial charge in [-0.05, 0) is 159 Å². The Labute approximate surface area is 500 Å². The number of rotatable bonds is 8. The van der Waals surface area contributed by atoms with Crippen LogP contribution in [-0.2, 0) is 43.7 Å². The van der Waals surface area contributed by atoms with E-state index >= 15 is 0 Å². The number of benzene rings is 9. The van der Waals surface area contributed by atoms with Crippen LogP contribution in [0.5, 0.6) is 11.5 Å². The first-order valence-electron chi connectivity index (χ1n) is 29.5. The van der Waals surface area contributed by atoms with Crippen molar-refractivity contribution < 1.29 is 28.5 Å². The minimum absolute atomic E-state index is 0. The third kappa shape index (κ3) is 9.81. The first-order valence-corrected chi connectivity index (χ1v) is 28.5. The van der Waals surface area contributed by atoms with Crippen LogP contribution in [0.1, 0.15) is 101 Å². The van der Waals surface area contributed by atoms with Crippen LogP contribution in [-0.4, -0.2) is 14.1 Å². The van der Waals surface area contributed by atoms with E-state index in [0.717, 1.165) is 76.9 Å². The van der Waals surface area contributed by atoms with E-state index in [1.807, 2.05) is 50.2 Å². The van der Waals surface area contributed by atoms with E-state index in [0.29, 0.717) is 22.9 Å². The molecule has 0 aliphatic carbocycles. The Balaban J connectivity index is 0.00000694. The molecule has 0 spiro atoms. The van der Waals surface area contributed by atoms with Gasteiger partial charge < -0.3 is 18.8 Å². The summed E-state index contributed by atoms with van der Waals surface area (Å²) in [4.78, 5) is 7.06. The molecule has 13 rings (SSSR count). The smallest absolute Gasteiger partial charge is 0.135 e. The second kappa shape index (κ2) is 20.7. The first-order chi connectivity index (χ1) is 39.6. The molecule has 4 heterocycles. The predicted molar refractivity (Wildman–Crippen MR) is 342 cm³/mol. The van der Waals surface area contributed by atoms with E-state index in [1.165, 1.54) is 38.6 Å². The maximum Gasteiger partial charge on any atom is 0.135 e. The molecule has 0 N–H and O–H groups in total. The van der Waals surface area contributed by atoms with Crippen LogP contribution in [0.15, 0.2) is 194 Å². The van der Waals surface area contributed by atoms with E-state index in [-0.39, 0.29) is 43.2 Å². The fraction of sp³-hybridized carbons (Fsp3) is 0.211. The standard InChI is InChI=1S/C76H69N4O.Pt/c1-48(2)37-49-35-36-77-71(38-49)80-68-31-17-16-27-64(68)65-34-33-58(46-70(65)80)81-57-22-18-21-56(45-57)78-47-79-72-59(52-39-50(40-53(43-52)74(3,4)5)51-41-54(75(6,7)8)44-55(42-51)76(9,10)11)28-19-29-66(72)62-25-14-12-23-60(62)61-24-13-15-26-63(61)67-30-20-32-69(78)73(67)79;/h12-36,38-44,47-48H,37H2,1-11H3;/q-3;/i37D2;. The molecule has 0 saturated heterocycles. The van der Waals surface area contributed by atoms with E-state index in [1.54, 1.807) is 12.3 Å². The van der Waals surface area contributed by atoms with Gasteiger partial charge >= 0.3 is 0 Å². The largest absolute Gasteiger partial charge is 0.509 e. The van der Waals surface area contributed by atoms with Gasteiger partial charge in [-0.3, -0.25) is 0 Å². The summed E-state index contributed by atoms with van der Waals surface area (Å²) in [7, 11) is 0. The molecule has 1 aliphatic heterocycles. The van der Waals surface area contributed by atoms with Gasteiger partial charge in [0.05, 0.1) is 0 Å². The summed E-state index contributed by atoms with van der Waals surface area (Å²) in [6.07, 6.45) is 0.153. The van der Waals surface area contributed by atoms with Crippen LogP contribution < -0.4 is 9.64 Å². The number of fused-ring (bicyclic) bond motifs is 10. The van der Waals surface area contributed by atoms with Gasteiger partial charge in [-0.15, -0.1) is 35.7 Å². The maximum absolute atomic E-state index is 8.93. The summed E-state index contributed by atoms with van der Waals surface area (Å²) in [6.45, 7) is 26.9. The van der Waals surface area contributed by atoms with Crippen molar-refractivity contribution >= 4 is 76.5 Å². The summed E-state index contributed by atoms with van der Waals surface area (Å²) in [5.41, 5.74) is 14.7. The summed E-state index contributed by atoms with van der Waals surface area (Å²) in [6, 6.07) is 75.1. The molecule has 0 bridgehead atoms. The van der Waals surface area contributed by atoms with Crippen molar-refractivity contribution in [1.29, 1.82) is 0 Å². The summed E-state index contributed by atoms with van der Waals surface area (Å²) < 4.78 is 29.2. The normalized spacial score (nSPS) is 13.2. The van der Waals surface area contributed by atoms with Gasteiger partial charge in [0, 0.05) is 52.7 Å². The molecule has 5 nitrogen and oxygen atoms in total. The van der Waals surface area contributed by atoms with Crippen molar-refractivity contribution in [2.24, 2.45) is 5.92 Å². The predicted octanol–water partition coefficient (Wildman–Crippen LogP) is 20.7. The summed E-state index contributed by atoms with van der Waals surface area (Å²) >= 11 is 0. The molecule has 0 radical (unpaired) electrons. The third-order valence-corrected chi connectivity index (χ3v) is 16.1. The van der Waals surface area contributed by atoms with Crippen molar-refractivity contribution in [3.05, 3.63) is 235 Å². The molecule has 3 aromatic heterocycles. The van der Waals surface area contributed by atoms with Gasteiger partial charge in [0.15, 0.2) is 0 Å². The van der Waals surface area contributed by atoms with Crippen LogP contribution in [0.3, 0.4) is 0 Å². The van der Waals surface area contributed by atoms with Gasteiger partial charge in [0.1, 0.15) is 5.82 Å². The van der Waals surface area contributed by atoms with Gasteiger partial charge in [-0.1, -0.05) is 215 Å². The molecule has 12 aromatic rings. The van der Waals surface area contributed by atoms with Crippen molar-refractivity contribution in [3.63, 3.8) is 0 Å². The molecule has 6 heteroatoms. The van der Waals surface area contributed by atoms with Crippen molar-refractivity contribution in [2.45, 2.75) is 98.8 Å². The zero-order chi connectivity index (χ0) is 57.9. The topological polar surface area (TPSA) is 35.2 Å². The number of nitrogens with zero attached hydrogens (tertiary/aromatic N) is 4. The first kappa shape index (κ1) is 52.0. The minimum atomic E-state index is -1.54. The Bertz CT molecular complexity index is 4630.